The first kappa shape index (κ1) is 12.0. The van der Waals surface area contributed by atoms with Crippen molar-refractivity contribution in [3.63, 3.8) is 0 Å². The molecule has 4 nitrogen and oxygen atoms in total. The van der Waals surface area contributed by atoms with Crippen molar-refractivity contribution < 1.29 is 19.4 Å². The summed E-state index contributed by atoms with van der Waals surface area (Å²) in [6.07, 6.45) is 2.02. The number of aliphatic hydroxyl groups excluding tert-OH is 1. The molecule has 0 saturated carbocycles. The number of carbonyl (C=O) groups excluding carboxylic acids is 1. The van der Waals surface area contributed by atoms with E-state index >= 15 is 0 Å². The maximum Gasteiger partial charge on any atom is 0.164 e. The number of ether oxygens (including phenoxy) is 2. The lowest BCUT2D eigenvalue weighted by atomic mass is 9.81. The fourth-order valence-electron chi connectivity index (χ4n) is 2.61. The van der Waals surface area contributed by atoms with Gasteiger partial charge in [-0.1, -0.05) is 6.92 Å². The van der Waals surface area contributed by atoms with Crippen LogP contribution in [-0.4, -0.2) is 42.4 Å². The Morgan fingerprint density at radius 2 is 2.38 bits per heavy atom. The molecule has 0 aromatic rings. The van der Waals surface area contributed by atoms with E-state index in [1.807, 2.05) is 6.92 Å². The molecule has 16 heavy (non-hydrogen) atoms. The van der Waals surface area contributed by atoms with Gasteiger partial charge in [-0.15, -0.1) is 0 Å². The number of aliphatic hydroxyl groups is 1. The molecule has 0 bridgehead atoms. The van der Waals surface area contributed by atoms with Gasteiger partial charge in [0.2, 0.25) is 0 Å². The standard InChI is InChI=1S/C12H20O4/c1-2-10(13)11(14)9-3-5-16-12(7-9)4-6-15-8-12/h9-10,13H,2-8H2,1H3. The molecule has 3 atom stereocenters. The van der Waals surface area contributed by atoms with Gasteiger partial charge in [0.05, 0.1) is 12.2 Å². The molecule has 0 amide bonds. The van der Waals surface area contributed by atoms with E-state index < -0.39 is 6.10 Å². The Hall–Kier alpha value is -0.450. The molecule has 3 unspecified atom stereocenters. The van der Waals surface area contributed by atoms with Gasteiger partial charge in [0.25, 0.3) is 0 Å². The highest BCUT2D eigenvalue weighted by atomic mass is 16.6. The third kappa shape index (κ3) is 2.29. The zero-order chi connectivity index (χ0) is 11.6. The van der Waals surface area contributed by atoms with Crippen LogP contribution in [0.25, 0.3) is 0 Å². The van der Waals surface area contributed by atoms with Crippen LogP contribution in [-0.2, 0) is 14.3 Å². The predicted octanol–water partition coefficient (Wildman–Crippen LogP) is 0.912. The average Bonchev–Trinajstić information content (AvgIpc) is 2.75. The summed E-state index contributed by atoms with van der Waals surface area (Å²) in [5.41, 5.74) is -0.244. The maximum atomic E-state index is 11.9. The Morgan fingerprint density at radius 1 is 1.56 bits per heavy atom. The third-order valence-electron chi connectivity index (χ3n) is 3.68. The Bertz CT molecular complexity index is 258. The average molecular weight is 228 g/mol. The van der Waals surface area contributed by atoms with Crippen molar-refractivity contribution in [2.24, 2.45) is 5.92 Å². The van der Waals surface area contributed by atoms with Gasteiger partial charge in [-0.2, -0.15) is 0 Å². The van der Waals surface area contributed by atoms with Crippen LogP contribution in [0.3, 0.4) is 0 Å². The van der Waals surface area contributed by atoms with E-state index in [1.54, 1.807) is 0 Å². The number of hydrogen-bond acceptors (Lipinski definition) is 4. The Balaban J connectivity index is 1.98. The minimum atomic E-state index is -0.803. The second-order valence-corrected chi connectivity index (χ2v) is 4.85. The summed E-state index contributed by atoms with van der Waals surface area (Å²) in [6.45, 7) is 3.75. The van der Waals surface area contributed by atoms with Crippen LogP contribution < -0.4 is 0 Å². The van der Waals surface area contributed by atoms with Crippen LogP contribution in [0.4, 0.5) is 0 Å². The van der Waals surface area contributed by atoms with Gasteiger partial charge in [0, 0.05) is 25.6 Å². The highest BCUT2D eigenvalue weighted by Gasteiger charge is 2.43. The summed E-state index contributed by atoms with van der Waals surface area (Å²) in [6, 6.07) is 0. The lowest BCUT2D eigenvalue weighted by Gasteiger charge is -2.36. The maximum absolute atomic E-state index is 11.9. The first-order valence-electron chi connectivity index (χ1n) is 6.10. The Labute approximate surface area is 95.9 Å². The predicted molar refractivity (Wildman–Crippen MR) is 58.1 cm³/mol. The van der Waals surface area contributed by atoms with Gasteiger partial charge in [-0.25, -0.2) is 0 Å². The molecular weight excluding hydrogens is 208 g/mol. The van der Waals surface area contributed by atoms with Crippen LogP contribution >= 0.6 is 0 Å². The summed E-state index contributed by atoms with van der Waals surface area (Å²) in [4.78, 5) is 11.9. The Morgan fingerprint density at radius 3 is 3.00 bits per heavy atom. The molecule has 0 aromatic carbocycles. The summed E-state index contributed by atoms with van der Waals surface area (Å²) in [5, 5.41) is 9.59. The van der Waals surface area contributed by atoms with Gasteiger partial charge >= 0.3 is 0 Å². The second-order valence-electron chi connectivity index (χ2n) is 4.85. The number of hydrogen-bond donors (Lipinski definition) is 1. The van der Waals surface area contributed by atoms with Crippen molar-refractivity contribution in [1.82, 2.24) is 0 Å². The van der Waals surface area contributed by atoms with Crippen LogP contribution in [0.15, 0.2) is 0 Å². The molecule has 0 aliphatic carbocycles. The molecule has 1 N–H and O–H groups in total. The zero-order valence-electron chi connectivity index (χ0n) is 9.78. The zero-order valence-corrected chi connectivity index (χ0v) is 9.78. The normalized spacial score (nSPS) is 36.5. The largest absolute Gasteiger partial charge is 0.385 e. The molecule has 2 rings (SSSR count). The van der Waals surface area contributed by atoms with Crippen molar-refractivity contribution >= 4 is 5.78 Å². The molecule has 1 spiro atoms. The lowest BCUT2D eigenvalue weighted by Crippen LogP contribution is -2.44. The molecule has 0 aromatic heterocycles. The highest BCUT2D eigenvalue weighted by molar-refractivity contribution is 5.85. The van der Waals surface area contributed by atoms with E-state index in [0.717, 1.165) is 19.4 Å². The van der Waals surface area contributed by atoms with E-state index in [9.17, 15) is 9.90 Å². The SMILES string of the molecule is CCC(O)C(=O)C1CCOC2(CCOC2)C1. The van der Waals surface area contributed by atoms with E-state index in [1.165, 1.54) is 0 Å². The highest BCUT2D eigenvalue weighted by Crippen LogP contribution is 2.36. The van der Waals surface area contributed by atoms with E-state index in [2.05, 4.69) is 0 Å². The number of Topliss-reactive ketones (excluding diaryl/α,β-unsaturated/α-hetero) is 1. The topological polar surface area (TPSA) is 55.8 Å². The summed E-state index contributed by atoms with van der Waals surface area (Å²) >= 11 is 0. The summed E-state index contributed by atoms with van der Waals surface area (Å²) in [5.74, 6) is -0.0672. The summed E-state index contributed by atoms with van der Waals surface area (Å²) < 4.78 is 11.1. The van der Waals surface area contributed by atoms with E-state index in [-0.39, 0.29) is 17.3 Å². The second kappa shape index (κ2) is 4.82. The van der Waals surface area contributed by atoms with Gasteiger partial charge in [0.15, 0.2) is 5.78 Å². The monoisotopic (exact) mass is 228 g/mol. The van der Waals surface area contributed by atoms with Crippen molar-refractivity contribution in [2.75, 3.05) is 19.8 Å². The fraction of sp³-hybridized carbons (Fsp3) is 0.917. The molecule has 2 saturated heterocycles. The van der Waals surface area contributed by atoms with Crippen LogP contribution in [0.5, 0.6) is 0 Å². The molecule has 2 heterocycles. The van der Waals surface area contributed by atoms with Gasteiger partial charge in [-0.05, 0) is 19.3 Å². The molecule has 2 aliphatic heterocycles. The molecule has 0 radical (unpaired) electrons. The molecule has 4 heteroatoms. The number of rotatable bonds is 3. The molecule has 92 valence electrons. The van der Waals surface area contributed by atoms with E-state index in [0.29, 0.717) is 26.1 Å². The van der Waals surface area contributed by atoms with Crippen LogP contribution in [0.1, 0.15) is 32.6 Å². The summed E-state index contributed by atoms with van der Waals surface area (Å²) in [7, 11) is 0. The van der Waals surface area contributed by atoms with Crippen molar-refractivity contribution in [3.05, 3.63) is 0 Å². The third-order valence-corrected chi connectivity index (χ3v) is 3.68. The lowest BCUT2D eigenvalue weighted by molar-refractivity contribution is -0.144. The fourth-order valence-corrected chi connectivity index (χ4v) is 2.61. The van der Waals surface area contributed by atoms with Crippen LogP contribution in [0.2, 0.25) is 0 Å². The van der Waals surface area contributed by atoms with Gasteiger partial charge < -0.3 is 14.6 Å². The van der Waals surface area contributed by atoms with Gasteiger partial charge in [0.1, 0.15) is 6.10 Å². The molecule has 2 aliphatic rings. The van der Waals surface area contributed by atoms with E-state index in [4.69, 9.17) is 9.47 Å². The van der Waals surface area contributed by atoms with Gasteiger partial charge in [-0.3, -0.25) is 4.79 Å². The van der Waals surface area contributed by atoms with Crippen molar-refractivity contribution in [2.45, 2.75) is 44.3 Å². The van der Waals surface area contributed by atoms with Crippen molar-refractivity contribution in [3.8, 4) is 0 Å². The minimum Gasteiger partial charge on any atom is -0.385 e. The van der Waals surface area contributed by atoms with Crippen LogP contribution in [0, 0.1) is 5.92 Å². The Kier molecular flexibility index (Phi) is 3.62. The first-order chi connectivity index (χ1) is 7.67. The van der Waals surface area contributed by atoms with Crippen molar-refractivity contribution in [1.29, 1.82) is 0 Å². The number of ketones is 1. The minimum absolute atomic E-state index is 0.0166. The quantitative estimate of drug-likeness (QED) is 0.780. The molecule has 2 fully saturated rings. The smallest absolute Gasteiger partial charge is 0.164 e. The number of carbonyl (C=O) groups is 1. The molecular formula is C12H20O4. The first-order valence-corrected chi connectivity index (χ1v) is 6.10.